The Morgan fingerprint density at radius 1 is 1.28 bits per heavy atom. The summed E-state index contributed by atoms with van der Waals surface area (Å²) in [4.78, 5) is 25.1. The number of nitrogens with one attached hydrogen (secondary N) is 1. The van der Waals surface area contributed by atoms with Gasteiger partial charge in [-0.3, -0.25) is 14.9 Å². The van der Waals surface area contributed by atoms with E-state index in [9.17, 15) is 14.9 Å². The summed E-state index contributed by atoms with van der Waals surface area (Å²) in [7, 11) is 2.83. The molecule has 9 nitrogen and oxygen atoms in total. The maximum Gasteiger partial charge on any atom is 0.282 e. The molecule has 29 heavy (non-hydrogen) atoms. The molecule has 0 fully saturated rings. The van der Waals surface area contributed by atoms with Gasteiger partial charge in [0.05, 0.1) is 43.5 Å². The molecule has 0 saturated carbocycles. The minimum absolute atomic E-state index is 0.155. The van der Waals surface area contributed by atoms with Gasteiger partial charge in [0.15, 0.2) is 11.5 Å². The van der Waals surface area contributed by atoms with Crippen LogP contribution in [-0.4, -0.2) is 44.4 Å². The predicted molar refractivity (Wildman–Crippen MR) is 109 cm³/mol. The van der Waals surface area contributed by atoms with Gasteiger partial charge in [0, 0.05) is 12.2 Å². The fraction of sp³-hybridized carbons (Fsp3) is 0.300. The Balaban J connectivity index is 1.70. The topological polar surface area (TPSA) is 106 Å². The van der Waals surface area contributed by atoms with Crippen molar-refractivity contribution in [3.05, 3.63) is 57.6 Å². The van der Waals surface area contributed by atoms with Gasteiger partial charge in [0.2, 0.25) is 0 Å². The third kappa shape index (κ3) is 4.63. The minimum Gasteiger partial charge on any atom is -0.493 e. The number of benzene rings is 2. The monoisotopic (exact) mass is 398 g/mol. The number of fused-ring (bicyclic) bond motifs is 1. The predicted octanol–water partition coefficient (Wildman–Crippen LogP) is 2.51. The fourth-order valence-electron chi connectivity index (χ4n) is 3.30. The van der Waals surface area contributed by atoms with Gasteiger partial charge in [0.1, 0.15) is 0 Å². The molecule has 0 bridgehead atoms. The number of nitrogens with zero attached hydrogens (tertiary/aromatic N) is 3. The lowest BCUT2D eigenvalue weighted by Gasteiger charge is -2.30. The average Bonchev–Trinajstić information content (AvgIpc) is 2.73. The van der Waals surface area contributed by atoms with Crippen LogP contribution in [0.25, 0.3) is 0 Å². The highest BCUT2D eigenvalue weighted by molar-refractivity contribution is 5.89. The lowest BCUT2D eigenvalue weighted by atomic mass is 10.0. The second kappa shape index (κ2) is 9.05. The van der Waals surface area contributed by atoms with Crippen LogP contribution >= 0.6 is 0 Å². The highest BCUT2D eigenvalue weighted by Crippen LogP contribution is 2.33. The van der Waals surface area contributed by atoms with Crippen LogP contribution in [0.2, 0.25) is 0 Å². The second-order valence-corrected chi connectivity index (χ2v) is 6.47. The summed E-state index contributed by atoms with van der Waals surface area (Å²) in [6.45, 7) is 0.942. The number of methoxy groups -OCH3 is 2. The summed E-state index contributed by atoms with van der Waals surface area (Å²) in [5.41, 5.74) is 4.69. The van der Waals surface area contributed by atoms with E-state index in [4.69, 9.17) is 9.47 Å². The molecule has 1 aliphatic rings. The minimum atomic E-state index is -0.546. The van der Waals surface area contributed by atoms with Crippen molar-refractivity contribution in [2.75, 3.05) is 32.2 Å². The number of nitro groups is 1. The van der Waals surface area contributed by atoms with Crippen molar-refractivity contribution in [2.24, 2.45) is 5.10 Å². The van der Waals surface area contributed by atoms with E-state index in [1.165, 1.54) is 38.1 Å². The second-order valence-electron chi connectivity index (χ2n) is 6.47. The number of carbonyl (C=O) groups excluding carboxylic acids is 1. The van der Waals surface area contributed by atoms with Crippen LogP contribution in [0.1, 0.15) is 17.5 Å². The van der Waals surface area contributed by atoms with E-state index in [1.807, 2.05) is 23.1 Å². The molecule has 3 rings (SSSR count). The molecular weight excluding hydrogens is 376 g/mol. The van der Waals surface area contributed by atoms with Crippen LogP contribution in [-0.2, 0) is 11.2 Å². The zero-order chi connectivity index (χ0) is 20.8. The molecule has 9 heteroatoms. The first-order valence-corrected chi connectivity index (χ1v) is 9.08. The number of hydrogen-bond acceptors (Lipinski definition) is 7. The van der Waals surface area contributed by atoms with Crippen molar-refractivity contribution in [3.8, 4) is 11.5 Å². The number of hydrogen-bond donors (Lipinski definition) is 1. The van der Waals surface area contributed by atoms with Gasteiger partial charge in [0.25, 0.3) is 11.6 Å². The first kappa shape index (κ1) is 20.1. The van der Waals surface area contributed by atoms with Gasteiger partial charge in [-0.2, -0.15) is 5.10 Å². The van der Waals surface area contributed by atoms with Gasteiger partial charge < -0.3 is 14.4 Å². The van der Waals surface area contributed by atoms with Gasteiger partial charge in [-0.1, -0.05) is 18.2 Å². The van der Waals surface area contributed by atoms with Gasteiger partial charge >= 0.3 is 0 Å². The molecule has 0 unspecified atom stereocenters. The SMILES string of the molecule is COc1cc(/C=N\NC(=O)CN2CCCc3ccccc32)c([N+](=O)[O-])cc1OC. The van der Waals surface area contributed by atoms with Gasteiger partial charge in [-0.05, 0) is 30.5 Å². The average molecular weight is 398 g/mol. The fourth-order valence-corrected chi connectivity index (χ4v) is 3.30. The van der Waals surface area contributed by atoms with Crippen molar-refractivity contribution in [1.82, 2.24) is 5.43 Å². The van der Waals surface area contributed by atoms with Crippen LogP contribution in [0.15, 0.2) is 41.5 Å². The Kier molecular flexibility index (Phi) is 6.28. The number of rotatable bonds is 7. The molecule has 1 N–H and O–H groups in total. The van der Waals surface area contributed by atoms with Crippen LogP contribution < -0.4 is 19.8 Å². The summed E-state index contributed by atoms with van der Waals surface area (Å²) >= 11 is 0. The van der Waals surface area contributed by atoms with E-state index in [2.05, 4.69) is 16.6 Å². The molecule has 0 saturated heterocycles. The van der Waals surface area contributed by atoms with Crippen molar-refractivity contribution in [1.29, 1.82) is 0 Å². The lowest BCUT2D eigenvalue weighted by molar-refractivity contribution is -0.385. The Morgan fingerprint density at radius 3 is 2.72 bits per heavy atom. The summed E-state index contributed by atoms with van der Waals surface area (Å²) in [5, 5.41) is 15.2. The van der Waals surface area contributed by atoms with Crippen LogP contribution in [0, 0.1) is 10.1 Å². The zero-order valence-electron chi connectivity index (χ0n) is 16.3. The van der Waals surface area contributed by atoms with E-state index in [1.54, 1.807) is 0 Å². The van der Waals surface area contributed by atoms with E-state index in [0.717, 1.165) is 25.1 Å². The zero-order valence-corrected chi connectivity index (χ0v) is 16.3. The number of para-hydroxylation sites is 1. The molecule has 0 atom stereocenters. The Bertz CT molecular complexity index is 944. The first-order chi connectivity index (χ1) is 14.0. The largest absolute Gasteiger partial charge is 0.493 e. The highest BCUT2D eigenvalue weighted by Gasteiger charge is 2.20. The Labute approximate surface area is 168 Å². The number of amides is 1. The van der Waals surface area contributed by atoms with Crippen molar-refractivity contribution < 1.29 is 19.2 Å². The molecule has 0 aliphatic carbocycles. The molecule has 2 aromatic carbocycles. The molecule has 0 aromatic heterocycles. The molecule has 2 aromatic rings. The molecule has 0 radical (unpaired) electrons. The van der Waals surface area contributed by atoms with E-state index in [-0.39, 0.29) is 29.5 Å². The quantitative estimate of drug-likeness (QED) is 0.436. The molecule has 1 amide bonds. The van der Waals surface area contributed by atoms with E-state index in [0.29, 0.717) is 5.75 Å². The summed E-state index contributed by atoms with van der Waals surface area (Å²) < 4.78 is 10.3. The highest BCUT2D eigenvalue weighted by atomic mass is 16.6. The maximum atomic E-state index is 12.3. The lowest BCUT2D eigenvalue weighted by Crippen LogP contribution is -2.38. The van der Waals surface area contributed by atoms with Crippen molar-refractivity contribution in [3.63, 3.8) is 0 Å². The van der Waals surface area contributed by atoms with Crippen LogP contribution in [0.3, 0.4) is 0 Å². The summed E-state index contributed by atoms with van der Waals surface area (Å²) in [6.07, 6.45) is 3.20. The number of hydrazone groups is 1. The number of anilines is 1. The molecule has 1 heterocycles. The number of nitro benzene ring substituents is 1. The van der Waals surface area contributed by atoms with E-state index < -0.39 is 4.92 Å². The van der Waals surface area contributed by atoms with Gasteiger partial charge in [-0.15, -0.1) is 0 Å². The van der Waals surface area contributed by atoms with Crippen molar-refractivity contribution >= 4 is 23.5 Å². The molecule has 0 spiro atoms. The van der Waals surface area contributed by atoms with Crippen LogP contribution in [0.4, 0.5) is 11.4 Å². The maximum absolute atomic E-state index is 12.3. The molecule has 1 aliphatic heterocycles. The standard InChI is InChI=1S/C20H22N4O5/c1-28-18-10-15(17(24(26)27)11-19(18)29-2)12-21-22-20(25)13-23-9-5-7-14-6-3-4-8-16(14)23/h3-4,6,8,10-12H,5,7,9,13H2,1-2H3,(H,22,25)/b21-12-. The smallest absolute Gasteiger partial charge is 0.282 e. The van der Waals surface area contributed by atoms with Crippen LogP contribution in [0.5, 0.6) is 11.5 Å². The van der Waals surface area contributed by atoms with Crippen molar-refractivity contribution in [2.45, 2.75) is 12.8 Å². The van der Waals surface area contributed by atoms with E-state index >= 15 is 0 Å². The Hall–Kier alpha value is -3.62. The summed E-state index contributed by atoms with van der Waals surface area (Å²) in [5.74, 6) is 0.265. The first-order valence-electron chi connectivity index (χ1n) is 9.08. The third-order valence-electron chi connectivity index (χ3n) is 4.66. The molecular formula is C20H22N4O5. The number of ether oxygens (including phenoxy) is 2. The Morgan fingerprint density at radius 2 is 2.00 bits per heavy atom. The summed E-state index contributed by atoms with van der Waals surface area (Å²) in [6, 6.07) is 10.7. The normalized spacial score (nSPS) is 13.1. The van der Waals surface area contributed by atoms with Gasteiger partial charge in [-0.25, -0.2) is 5.43 Å². The number of carbonyl (C=O) groups is 1. The number of aryl methyl sites for hydroxylation is 1. The molecule has 152 valence electrons. The third-order valence-corrected chi connectivity index (χ3v) is 4.66.